The molecule has 2 aliphatic carbocycles. The van der Waals surface area contributed by atoms with Crippen molar-refractivity contribution in [2.24, 2.45) is 23.5 Å². The third-order valence-corrected chi connectivity index (χ3v) is 4.75. The van der Waals surface area contributed by atoms with Crippen LogP contribution in [0.1, 0.15) is 38.5 Å². The first-order chi connectivity index (χ1) is 7.24. The van der Waals surface area contributed by atoms with Crippen molar-refractivity contribution in [2.75, 3.05) is 0 Å². The predicted octanol–water partition coefficient (Wildman–Crippen LogP) is 1.03. The number of nitrogens with one attached hydrogen (secondary N) is 1. The molecule has 0 unspecified atom stereocenters. The first-order valence-electron chi connectivity index (χ1n) is 6.29. The Bertz CT molecular complexity index is 279. The van der Waals surface area contributed by atoms with Gasteiger partial charge >= 0.3 is 0 Å². The Kier molecular flexibility index (Phi) is 2.23. The number of hydrogen-bond acceptors (Lipinski definition) is 2. The van der Waals surface area contributed by atoms with Crippen molar-refractivity contribution in [1.82, 2.24) is 5.32 Å². The van der Waals surface area contributed by atoms with E-state index in [1.807, 2.05) is 0 Å². The number of carbonyl (C=O) groups excluding carboxylic acids is 1. The monoisotopic (exact) mass is 208 g/mol. The lowest BCUT2D eigenvalue weighted by Crippen LogP contribution is -2.56. The van der Waals surface area contributed by atoms with E-state index in [0.29, 0.717) is 12.3 Å². The maximum absolute atomic E-state index is 11.4. The Morgan fingerprint density at radius 1 is 1.20 bits per heavy atom. The third-order valence-electron chi connectivity index (χ3n) is 4.75. The first kappa shape index (κ1) is 9.64. The van der Waals surface area contributed by atoms with Crippen molar-refractivity contribution in [3.05, 3.63) is 0 Å². The standard InChI is InChI=1S/C12H20N2O/c13-10-3-4-11(15)14-12(10)9-6-7-1-2-8(9)5-7/h7-10,12H,1-6,13H2,(H,14,15)/t7-,8-,9-,10+,12-/m0/s1. The van der Waals surface area contributed by atoms with Crippen LogP contribution in [-0.4, -0.2) is 18.0 Å². The molecule has 1 heterocycles. The summed E-state index contributed by atoms with van der Waals surface area (Å²) in [6, 6.07) is 0.480. The molecule has 3 nitrogen and oxygen atoms in total. The molecule has 5 atom stereocenters. The molecule has 3 aliphatic rings. The first-order valence-corrected chi connectivity index (χ1v) is 6.29. The summed E-state index contributed by atoms with van der Waals surface area (Å²) in [7, 11) is 0. The van der Waals surface area contributed by atoms with Crippen LogP contribution in [0.15, 0.2) is 0 Å². The van der Waals surface area contributed by atoms with Crippen LogP contribution in [0, 0.1) is 17.8 Å². The molecule has 2 saturated carbocycles. The van der Waals surface area contributed by atoms with E-state index in [2.05, 4.69) is 5.32 Å². The normalized spacial score (nSPS) is 49.4. The molecule has 0 radical (unpaired) electrons. The fourth-order valence-electron chi connectivity index (χ4n) is 4.00. The number of carbonyl (C=O) groups is 1. The van der Waals surface area contributed by atoms with E-state index in [1.165, 1.54) is 25.7 Å². The highest BCUT2D eigenvalue weighted by Gasteiger charge is 2.45. The lowest BCUT2D eigenvalue weighted by Gasteiger charge is -2.37. The summed E-state index contributed by atoms with van der Waals surface area (Å²) in [5, 5.41) is 3.13. The molecule has 0 aromatic rings. The molecule has 0 aromatic carbocycles. The number of fused-ring (bicyclic) bond motifs is 2. The molecular formula is C12H20N2O. The Labute approximate surface area is 90.8 Å². The van der Waals surface area contributed by atoms with Crippen molar-refractivity contribution in [3.63, 3.8) is 0 Å². The molecule has 2 bridgehead atoms. The van der Waals surface area contributed by atoms with Crippen molar-refractivity contribution in [3.8, 4) is 0 Å². The largest absolute Gasteiger partial charge is 0.352 e. The van der Waals surface area contributed by atoms with E-state index in [0.717, 1.165) is 18.3 Å². The number of nitrogens with two attached hydrogens (primary N) is 1. The van der Waals surface area contributed by atoms with E-state index in [9.17, 15) is 4.79 Å². The van der Waals surface area contributed by atoms with E-state index in [4.69, 9.17) is 5.73 Å². The number of hydrogen-bond donors (Lipinski definition) is 2. The van der Waals surface area contributed by atoms with Gasteiger partial charge in [0.15, 0.2) is 0 Å². The summed E-state index contributed by atoms with van der Waals surface area (Å²) in [5.74, 6) is 2.68. The van der Waals surface area contributed by atoms with Crippen molar-refractivity contribution >= 4 is 5.91 Å². The van der Waals surface area contributed by atoms with Gasteiger partial charge in [-0.25, -0.2) is 0 Å². The van der Waals surface area contributed by atoms with Crippen LogP contribution in [0.5, 0.6) is 0 Å². The van der Waals surface area contributed by atoms with Crippen molar-refractivity contribution in [1.29, 1.82) is 0 Å². The molecule has 3 N–H and O–H groups in total. The van der Waals surface area contributed by atoms with Gasteiger partial charge in [-0.15, -0.1) is 0 Å². The number of piperidine rings is 1. The zero-order valence-electron chi connectivity index (χ0n) is 9.11. The fourth-order valence-corrected chi connectivity index (χ4v) is 4.00. The van der Waals surface area contributed by atoms with E-state index in [-0.39, 0.29) is 18.0 Å². The third kappa shape index (κ3) is 1.57. The summed E-state index contributed by atoms with van der Waals surface area (Å²) in [6.07, 6.45) is 6.99. The minimum Gasteiger partial charge on any atom is -0.352 e. The van der Waals surface area contributed by atoms with Crippen LogP contribution in [0.4, 0.5) is 0 Å². The van der Waals surface area contributed by atoms with Gasteiger partial charge in [-0.2, -0.15) is 0 Å². The molecule has 0 spiro atoms. The summed E-state index contributed by atoms with van der Waals surface area (Å²) in [6.45, 7) is 0. The van der Waals surface area contributed by atoms with Crippen LogP contribution < -0.4 is 11.1 Å². The quantitative estimate of drug-likeness (QED) is 0.676. The molecule has 84 valence electrons. The van der Waals surface area contributed by atoms with Crippen molar-refractivity contribution < 1.29 is 4.79 Å². The van der Waals surface area contributed by atoms with Crippen LogP contribution >= 0.6 is 0 Å². The van der Waals surface area contributed by atoms with Gasteiger partial charge in [-0.05, 0) is 43.4 Å². The molecule has 15 heavy (non-hydrogen) atoms. The summed E-state index contributed by atoms with van der Waals surface area (Å²) in [5.41, 5.74) is 6.14. The van der Waals surface area contributed by atoms with Gasteiger partial charge in [0.2, 0.25) is 5.91 Å². The van der Waals surface area contributed by atoms with Crippen LogP contribution in [0.2, 0.25) is 0 Å². The summed E-state index contributed by atoms with van der Waals surface area (Å²) >= 11 is 0. The molecule has 1 aliphatic heterocycles. The van der Waals surface area contributed by atoms with Gasteiger partial charge in [0, 0.05) is 18.5 Å². The topological polar surface area (TPSA) is 55.1 Å². The molecule has 3 fully saturated rings. The van der Waals surface area contributed by atoms with E-state index < -0.39 is 0 Å². The van der Waals surface area contributed by atoms with Gasteiger partial charge < -0.3 is 11.1 Å². The fraction of sp³-hybridized carbons (Fsp3) is 0.917. The Morgan fingerprint density at radius 2 is 2.07 bits per heavy atom. The highest BCUT2D eigenvalue weighted by molar-refractivity contribution is 5.77. The maximum Gasteiger partial charge on any atom is 0.220 e. The molecule has 3 rings (SSSR count). The molecule has 3 heteroatoms. The lowest BCUT2D eigenvalue weighted by atomic mass is 9.78. The minimum atomic E-state index is 0.201. The predicted molar refractivity (Wildman–Crippen MR) is 58.1 cm³/mol. The summed E-state index contributed by atoms with van der Waals surface area (Å²) in [4.78, 5) is 11.4. The average molecular weight is 208 g/mol. The molecule has 1 amide bonds. The Morgan fingerprint density at radius 3 is 2.73 bits per heavy atom. The van der Waals surface area contributed by atoms with Crippen LogP contribution in [0.25, 0.3) is 0 Å². The van der Waals surface area contributed by atoms with Crippen LogP contribution in [0.3, 0.4) is 0 Å². The second-order valence-corrected chi connectivity index (χ2v) is 5.63. The van der Waals surface area contributed by atoms with Gasteiger partial charge in [0.25, 0.3) is 0 Å². The minimum absolute atomic E-state index is 0.201. The highest BCUT2D eigenvalue weighted by Crippen LogP contribution is 2.50. The second-order valence-electron chi connectivity index (χ2n) is 5.63. The molecular weight excluding hydrogens is 188 g/mol. The van der Waals surface area contributed by atoms with Crippen molar-refractivity contribution in [2.45, 2.75) is 50.6 Å². The highest BCUT2D eigenvalue weighted by atomic mass is 16.1. The van der Waals surface area contributed by atoms with E-state index in [1.54, 1.807) is 0 Å². The SMILES string of the molecule is N[C@@H]1CCC(=O)N[C@H]1[C@H]1C[C@H]2CC[C@H]1C2. The number of amides is 1. The second kappa shape index (κ2) is 3.48. The molecule has 0 aromatic heterocycles. The smallest absolute Gasteiger partial charge is 0.220 e. The average Bonchev–Trinajstić information content (AvgIpc) is 2.83. The summed E-state index contributed by atoms with van der Waals surface area (Å²) < 4.78 is 0. The van der Waals surface area contributed by atoms with Gasteiger partial charge in [-0.1, -0.05) is 6.42 Å². The molecule has 1 saturated heterocycles. The van der Waals surface area contributed by atoms with Crippen LogP contribution in [-0.2, 0) is 4.79 Å². The Balaban J connectivity index is 1.72. The number of rotatable bonds is 1. The van der Waals surface area contributed by atoms with Gasteiger partial charge in [0.05, 0.1) is 0 Å². The lowest BCUT2D eigenvalue weighted by molar-refractivity contribution is -0.124. The zero-order valence-corrected chi connectivity index (χ0v) is 9.11. The zero-order chi connectivity index (χ0) is 10.4. The Hall–Kier alpha value is -0.570. The van der Waals surface area contributed by atoms with Gasteiger partial charge in [-0.3, -0.25) is 4.79 Å². The van der Waals surface area contributed by atoms with E-state index >= 15 is 0 Å². The maximum atomic E-state index is 11.4. The van der Waals surface area contributed by atoms with Gasteiger partial charge in [0.1, 0.15) is 0 Å².